The van der Waals surface area contributed by atoms with Gasteiger partial charge in [0.1, 0.15) is 22.9 Å². The minimum atomic E-state index is -0.517. The van der Waals surface area contributed by atoms with E-state index in [0.717, 1.165) is 42.7 Å². The topological polar surface area (TPSA) is 116 Å². The van der Waals surface area contributed by atoms with Crippen LogP contribution in [0.5, 0.6) is 11.5 Å². The number of hydrogen-bond donors (Lipinski definition) is 2. The van der Waals surface area contributed by atoms with Crippen LogP contribution in [0.15, 0.2) is 93.3 Å². The van der Waals surface area contributed by atoms with Gasteiger partial charge >= 0.3 is 0 Å². The van der Waals surface area contributed by atoms with Gasteiger partial charge in [-0.3, -0.25) is 0 Å². The molecule has 0 aliphatic rings. The number of aromatic hydroxyl groups is 2. The highest BCUT2D eigenvalue weighted by molar-refractivity contribution is 7.22. The fourth-order valence-corrected chi connectivity index (χ4v) is 6.24. The molecule has 6 rings (SSSR count). The molecule has 0 fully saturated rings. The summed E-state index contributed by atoms with van der Waals surface area (Å²) in [6.45, 7) is 8.18. The van der Waals surface area contributed by atoms with Crippen LogP contribution in [0.3, 0.4) is 0 Å². The van der Waals surface area contributed by atoms with Gasteiger partial charge in [0.2, 0.25) is 10.3 Å². The first kappa shape index (κ1) is 26.7. The quantitative estimate of drug-likeness (QED) is 0.191. The average Bonchev–Trinajstić information content (AvgIpc) is 3.54. The third-order valence-electron chi connectivity index (χ3n) is 6.95. The number of hydrogen-bond acceptors (Lipinski definition) is 10. The molecule has 10 heteroatoms. The Balaban J connectivity index is 1.28. The van der Waals surface area contributed by atoms with E-state index in [1.54, 1.807) is 12.1 Å². The number of azo groups is 2. The Kier molecular flexibility index (Phi) is 6.80. The fraction of sp³-hybridized carbons (Fsp3) is 0.161. The average molecular weight is 579 g/mol. The van der Waals surface area contributed by atoms with Crippen molar-refractivity contribution in [1.82, 2.24) is 9.97 Å². The predicted molar refractivity (Wildman–Crippen MR) is 165 cm³/mol. The molecule has 0 aliphatic carbocycles. The summed E-state index contributed by atoms with van der Waals surface area (Å²) in [5.74, 6) is 0.0490. The lowest BCUT2D eigenvalue weighted by atomic mass is 9.78. The molecule has 6 aromatic rings. The Morgan fingerprint density at radius 3 is 1.46 bits per heavy atom. The highest BCUT2D eigenvalue weighted by atomic mass is 32.1. The Morgan fingerprint density at radius 2 is 1.02 bits per heavy atom. The summed E-state index contributed by atoms with van der Waals surface area (Å²) in [5.41, 5.74) is 6.02. The van der Waals surface area contributed by atoms with Crippen molar-refractivity contribution < 1.29 is 10.2 Å². The fourth-order valence-electron chi connectivity index (χ4n) is 4.47. The first-order valence-electron chi connectivity index (χ1n) is 12.9. The van der Waals surface area contributed by atoms with Crippen LogP contribution in [0.4, 0.5) is 21.6 Å². The van der Waals surface area contributed by atoms with Gasteiger partial charge in [0.15, 0.2) is 0 Å². The molecule has 0 radical (unpaired) electrons. The van der Waals surface area contributed by atoms with Crippen molar-refractivity contribution in [2.24, 2.45) is 20.5 Å². The Bertz CT molecular complexity index is 1850. The predicted octanol–water partition coefficient (Wildman–Crippen LogP) is 10.1. The monoisotopic (exact) mass is 578 g/mol. The zero-order valence-electron chi connectivity index (χ0n) is 22.8. The van der Waals surface area contributed by atoms with E-state index in [4.69, 9.17) is 0 Å². The van der Waals surface area contributed by atoms with E-state index in [0.29, 0.717) is 21.6 Å². The van der Waals surface area contributed by atoms with Crippen LogP contribution in [-0.2, 0) is 5.41 Å². The van der Waals surface area contributed by atoms with Crippen LogP contribution in [0.25, 0.3) is 20.4 Å². The molecule has 2 heterocycles. The largest absolute Gasteiger partial charge is 0.506 e. The second-order valence-corrected chi connectivity index (χ2v) is 12.4. The lowest BCUT2D eigenvalue weighted by Crippen LogP contribution is -2.18. The molecule has 0 saturated carbocycles. The summed E-state index contributed by atoms with van der Waals surface area (Å²) in [6, 6.07) is 22.6. The molecule has 0 bridgehead atoms. The van der Waals surface area contributed by atoms with Crippen molar-refractivity contribution >= 4 is 64.7 Å². The van der Waals surface area contributed by atoms with Crippen molar-refractivity contribution in [2.75, 3.05) is 0 Å². The van der Waals surface area contributed by atoms with Gasteiger partial charge in [0, 0.05) is 5.41 Å². The molecule has 204 valence electrons. The Labute approximate surface area is 244 Å². The van der Waals surface area contributed by atoms with Gasteiger partial charge in [-0.2, -0.15) is 0 Å². The van der Waals surface area contributed by atoms with E-state index in [2.05, 4.69) is 56.4 Å². The van der Waals surface area contributed by atoms with Crippen LogP contribution < -0.4 is 0 Å². The second-order valence-electron chi connectivity index (χ2n) is 10.4. The third kappa shape index (κ3) is 5.44. The van der Waals surface area contributed by atoms with Crippen LogP contribution >= 0.6 is 22.7 Å². The minimum Gasteiger partial charge on any atom is -0.506 e. The molecule has 2 N–H and O–H groups in total. The number of fused-ring (bicyclic) bond motifs is 2. The molecule has 0 unspecified atom stereocenters. The molecule has 0 amide bonds. The van der Waals surface area contributed by atoms with Gasteiger partial charge in [0.25, 0.3) is 0 Å². The van der Waals surface area contributed by atoms with Gasteiger partial charge in [-0.1, -0.05) is 60.8 Å². The maximum Gasteiger partial charge on any atom is 0.231 e. The van der Waals surface area contributed by atoms with Crippen molar-refractivity contribution in [3.8, 4) is 11.5 Å². The Hall–Kier alpha value is -4.54. The Morgan fingerprint density at radius 1 is 0.585 bits per heavy atom. The maximum absolute atomic E-state index is 10.5. The van der Waals surface area contributed by atoms with Crippen LogP contribution in [0.2, 0.25) is 0 Å². The summed E-state index contributed by atoms with van der Waals surface area (Å²) in [6.07, 6.45) is 0. The van der Waals surface area contributed by atoms with Crippen LogP contribution in [0, 0.1) is 13.8 Å². The van der Waals surface area contributed by atoms with Gasteiger partial charge in [-0.25, -0.2) is 9.97 Å². The van der Waals surface area contributed by atoms with E-state index in [1.807, 2.05) is 62.4 Å². The lowest BCUT2D eigenvalue weighted by molar-refractivity contribution is 0.475. The molecule has 2 aromatic heterocycles. The van der Waals surface area contributed by atoms with Crippen molar-refractivity contribution in [3.05, 3.63) is 95.1 Å². The third-order valence-corrected chi connectivity index (χ3v) is 8.75. The number of benzene rings is 4. The smallest absolute Gasteiger partial charge is 0.231 e. The van der Waals surface area contributed by atoms with Gasteiger partial charge < -0.3 is 10.2 Å². The summed E-state index contributed by atoms with van der Waals surface area (Å²) in [7, 11) is 0. The molecule has 0 aliphatic heterocycles. The molecule has 0 atom stereocenters. The van der Waals surface area contributed by atoms with E-state index in [9.17, 15) is 10.2 Å². The number of aromatic nitrogens is 2. The van der Waals surface area contributed by atoms with E-state index in [1.165, 1.54) is 22.7 Å². The molecule has 4 aromatic carbocycles. The number of phenols is 2. The van der Waals surface area contributed by atoms with E-state index in [-0.39, 0.29) is 11.5 Å². The summed E-state index contributed by atoms with van der Waals surface area (Å²) < 4.78 is 2.08. The number of nitrogens with zero attached hydrogens (tertiary/aromatic N) is 6. The van der Waals surface area contributed by atoms with Crippen LogP contribution in [0.1, 0.15) is 36.1 Å². The number of phenolic OH excluding ortho intramolecular Hbond substituents is 2. The molecular weight excluding hydrogens is 553 g/mol. The van der Waals surface area contributed by atoms with E-state index < -0.39 is 5.41 Å². The summed E-state index contributed by atoms with van der Waals surface area (Å²) in [5, 5.41) is 39.3. The zero-order chi connectivity index (χ0) is 28.7. The first-order chi connectivity index (χ1) is 19.7. The molecule has 41 heavy (non-hydrogen) atoms. The molecule has 0 saturated heterocycles. The van der Waals surface area contributed by atoms with Gasteiger partial charge in [-0.15, -0.1) is 20.5 Å². The number of aryl methyl sites for hydroxylation is 2. The molecular formula is C31H26N6O2S2. The normalized spacial score (nSPS) is 12.4. The zero-order valence-corrected chi connectivity index (χ0v) is 24.5. The van der Waals surface area contributed by atoms with E-state index >= 15 is 0 Å². The number of rotatable bonds is 6. The molecule has 8 nitrogen and oxygen atoms in total. The van der Waals surface area contributed by atoms with Crippen LogP contribution in [-0.4, -0.2) is 20.2 Å². The first-order valence-corrected chi connectivity index (χ1v) is 14.5. The maximum atomic E-state index is 10.5. The van der Waals surface area contributed by atoms with Gasteiger partial charge in [0.05, 0.1) is 20.4 Å². The highest BCUT2D eigenvalue weighted by Gasteiger charge is 2.25. The SMILES string of the molecule is Cc1ccc2nc(N=Nc3cc(C(C)(C)c4ccc(O)c(N=Nc5nc6ccc(C)cc6s5)c4)ccc3O)sc2c1. The van der Waals surface area contributed by atoms with Crippen molar-refractivity contribution in [3.63, 3.8) is 0 Å². The van der Waals surface area contributed by atoms with Crippen molar-refractivity contribution in [1.29, 1.82) is 0 Å². The number of thiazole rings is 2. The minimum absolute atomic E-state index is 0.0245. The molecule has 0 spiro atoms. The van der Waals surface area contributed by atoms with Gasteiger partial charge in [-0.05, 0) is 84.6 Å². The summed E-state index contributed by atoms with van der Waals surface area (Å²) in [4.78, 5) is 9.04. The van der Waals surface area contributed by atoms with Crippen molar-refractivity contribution in [2.45, 2.75) is 33.1 Å². The standard InChI is InChI=1S/C31H26N6O2S2/c1-17-5-9-21-27(13-17)40-29(32-21)36-34-23-15-19(7-11-25(23)38)31(3,4)20-8-12-26(39)24(16-20)35-37-30-33-22-10-6-18(2)14-28(22)41-30/h5-16,38-39H,1-4H3. The lowest BCUT2D eigenvalue weighted by Gasteiger charge is -2.26. The second kappa shape index (κ2) is 10.5. The summed E-state index contributed by atoms with van der Waals surface area (Å²) >= 11 is 2.90. The highest BCUT2D eigenvalue weighted by Crippen LogP contribution is 2.41.